The van der Waals surface area contributed by atoms with Crippen molar-refractivity contribution in [1.82, 2.24) is 0 Å². The number of carbonyl (C=O) groups excluding carboxylic acids is 1. The molecule has 2 rings (SSSR count). The van der Waals surface area contributed by atoms with Crippen LogP contribution in [0, 0.1) is 11.3 Å². The Labute approximate surface area is 111 Å². The lowest BCUT2D eigenvalue weighted by Gasteiger charge is -2.07. The number of benzene rings is 2. The summed E-state index contributed by atoms with van der Waals surface area (Å²) in [6, 6.07) is 16.4. The first-order valence-electron chi connectivity index (χ1n) is 5.82. The quantitative estimate of drug-likeness (QED) is 0.874. The van der Waals surface area contributed by atoms with Crippen LogP contribution in [0.1, 0.15) is 21.5 Å². The van der Waals surface area contributed by atoms with Gasteiger partial charge in [0.15, 0.2) is 0 Å². The number of amides is 1. The normalized spacial score (nSPS) is 9.63. The molecule has 4 heteroatoms. The van der Waals surface area contributed by atoms with E-state index in [1.54, 1.807) is 24.3 Å². The third-order valence-corrected chi connectivity index (χ3v) is 2.75. The Bertz CT molecular complexity index is 609. The molecule has 19 heavy (non-hydrogen) atoms. The summed E-state index contributed by atoms with van der Waals surface area (Å²) in [6.45, 7) is 0.654. The molecule has 0 aliphatic rings. The van der Waals surface area contributed by atoms with Gasteiger partial charge in [0.1, 0.15) is 0 Å². The zero-order chi connectivity index (χ0) is 13.7. The van der Waals surface area contributed by atoms with E-state index in [4.69, 9.17) is 11.0 Å². The monoisotopic (exact) mass is 251 g/mol. The van der Waals surface area contributed by atoms with Crippen LogP contribution in [0.3, 0.4) is 0 Å². The zero-order valence-corrected chi connectivity index (χ0v) is 10.3. The van der Waals surface area contributed by atoms with Crippen LogP contribution in [0.15, 0.2) is 48.5 Å². The minimum atomic E-state index is -0.432. The lowest BCUT2D eigenvalue weighted by molar-refractivity contribution is 0.100. The highest BCUT2D eigenvalue weighted by Crippen LogP contribution is 2.11. The molecule has 1 amide bonds. The molecule has 0 unspecified atom stereocenters. The van der Waals surface area contributed by atoms with E-state index in [0.29, 0.717) is 17.7 Å². The number of hydrogen-bond acceptors (Lipinski definition) is 3. The van der Waals surface area contributed by atoms with Crippen molar-refractivity contribution in [1.29, 1.82) is 5.26 Å². The van der Waals surface area contributed by atoms with Gasteiger partial charge >= 0.3 is 0 Å². The summed E-state index contributed by atoms with van der Waals surface area (Å²) in [4.78, 5) is 10.9. The third-order valence-electron chi connectivity index (χ3n) is 2.75. The molecular formula is C15H13N3O. The summed E-state index contributed by atoms with van der Waals surface area (Å²) < 4.78 is 0. The van der Waals surface area contributed by atoms with Gasteiger partial charge in [-0.05, 0) is 42.0 Å². The van der Waals surface area contributed by atoms with Crippen LogP contribution >= 0.6 is 0 Å². The zero-order valence-electron chi connectivity index (χ0n) is 10.3. The average molecular weight is 251 g/mol. The second-order valence-corrected chi connectivity index (χ2v) is 4.10. The van der Waals surface area contributed by atoms with E-state index in [9.17, 15) is 4.79 Å². The van der Waals surface area contributed by atoms with Crippen LogP contribution in [0.5, 0.6) is 0 Å². The minimum absolute atomic E-state index is 0.432. The van der Waals surface area contributed by atoms with Crippen molar-refractivity contribution in [2.45, 2.75) is 6.54 Å². The summed E-state index contributed by atoms with van der Waals surface area (Å²) in [5.41, 5.74) is 8.30. The fourth-order valence-corrected chi connectivity index (χ4v) is 1.65. The molecule has 3 N–H and O–H groups in total. The highest BCUT2D eigenvalue weighted by molar-refractivity contribution is 5.93. The third kappa shape index (κ3) is 3.33. The fourth-order valence-electron chi connectivity index (χ4n) is 1.65. The number of nitrogens with two attached hydrogens (primary N) is 1. The Kier molecular flexibility index (Phi) is 3.79. The molecule has 0 bridgehead atoms. The first kappa shape index (κ1) is 12.7. The van der Waals surface area contributed by atoms with E-state index in [0.717, 1.165) is 11.3 Å². The van der Waals surface area contributed by atoms with Gasteiger partial charge in [-0.25, -0.2) is 0 Å². The maximum Gasteiger partial charge on any atom is 0.248 e. The van der Waals surface area contributed by atoms with Gasteiger partial charge in [0.2, 0.25) is 5.91 Å². The highest BCUT2D eigenvalue weighted by Gasteiger charge is 1.99. The Morgan fingerprint density at radius 3 is 2.26 bits per heavy atom. The second kappa shape index (κ2) is 5.69. The SMILES string of the molecule is N#Cc1ccc(CNc2ccc(C(N)=O)cc2)cc1. The molecule has 0 fully saturated rings. The first-order chi connectivity index (χ1) is 9.19. The topological polar surface area (TPSA) is 78.9 Å². The fraction of sp³-hybridized carbons (Fsp3) is 0.0667. The molecule has 0 aliphatic heterocycles. The molecule has 0 spiro atoms. The summed E-state index contributed by atoms with van der Waals surface area (Å²) in [7, 11) is 0. The molecule has 0 atom stereocenters. The Morgan fingerprint density at radius 1 is 1.11 bits per heavy atom. The van der Waals surface area contributed by atoms with Gasteiger partial charge in [0.05, 0.1) is 11.6 Å². The van der Waals surface area contributed by atoms with Gasteiger partial charge < -0.3 is 11.1 Å². The Balaban J connectivity index is 1.98. The molecule has 0 heterocycles. The largest absolute Gasteiger partial charge is 0.381 e. The lowest BCUT2D eigenvalue weighted by Crippen LogP contribution is -2.10. The minimum Gasteiger partial charge on any atom is -0.381 e. The van der Waals surface area contributed by atoms with Crippen molar-refractivity contribution in [3.05, 3.63) is 65.2 Å². The summed E-state index contributed by atoms with van der Waals surface area (Å²) >= 11 is 0. The standard InChI is InChI=1S/C15H13N3O/c16-9-11-1-3-12(4-2-11)10-18-14-7-5-13(6-8-14)15(17)19/h1-8,18H,10H2,(H2,17,19). The van der Waals surface area contributed by atoms with Gasteiger partial charge in [-0.1, -0.05) is 12.1 Å². The number of primary amides is 1. The Hall–Kier alpha value is -2.80. The molecule has 0 aliphatic carbocycles. The Morgan fingerprint density at radius 2 is 1.74 bits per heavy atom. The molecule has 0 radical (unpaired) electrons. The average Bonchev–Trinajstić information content (AvgIpc) is 2.46. The van der Waals surface area contributed by atoms with Gasteiger partial charge in [-0.15, -0.1) is 0 Å². The van der Waals surface area contributed by atoms with Gasteiger partial charge in [0.25, 0.3) is 0 Å². The van der Waals surface area contributed by atoms with Crippen molar-refractivity contribution in [3.63, 3.8) is 0 Å². The van der Waals surface area contributed by atoms with E-state index in [1.165, 1.54) is 0 Å². The highest BCUT2D eigenvalue weighted by atomic mass is 16.1. The molecule has 0 saturated carbocycles. The van der Waals surface area contributed by atoms with Crippen molar-refractivity contribution in [3.8, 4) is 6.07 Å². The predicted molar refractivity (Wildman–Crippen MR) is 73.4 cm³/mol. The molecule has 94 valence electrons. The summed E-state index contributed by atoms with van der Waals surface area (Å²) in [6.07, 6.45) is 0. The molecule has 2 aromatic rings. The molecular weight excluding hydrogens is 238 g/mol. The smallest absolute Gasteiger partial charge is 0.248 e. The maximum atomic E-state index is 10.9. The number of carbonyl (C=O) groups is 1. The molecule has 0 aromatic heterocycles. The number of nitrogens with zero attached hydrogens (tertiary/aromatic N) is 1. The van der Waals surface area contributed by atoms with Crippen LogP contribution in [0.4, 0.5) is 5.69 Å². The number of hydrogen-bond donors (Lipinski definition) is 2. The molecule has 2 aromatic carbocycles. The number of nitriles is 1. The number of nitrogens with one attached hydrogen (secondary N) is 1. The van der Waals surface area contributed by atoms with Crippen molar-refractivity contribution in [2.75, 3.05) is 5.32 Å². The molecule has 0 saturated heterocycles. The van der Waals surface area contributed by atoms with E-state index < -0.39 is 5.91 Å². The predicted octanol–water partition coefficient (Wildman–Crippen LogP) is 2.27. The van der Waals surface area contributed by atoms with Crippen molar-refractivity contribution in [2.24, 2.45) is 5.73 Å². The summed E-state index contributed by atoms with van der Waals surface area (Å²) in [5, 5.41) is 11.9. The number of anilines is 1. The van der Waals surface area contributed by atoms with Crippen LogP contribution in [-0.2, 0) is 6.54 Å². The summed E-state index contributed by atoms with van der Waals surface area (Å²) in [5.74, 6) is -0.432. The van der Waals surface area contributed by atoms with Crippen LogP contribution in [0.25, 0.3) is 0 Å². The van der Waals surface area contributed by atoms with E-state index in [-0.39, 0.29) is 0 Å². The van der Waals surface area contributed by atoms with E-state index >= 15 is 0 Å². The lowest BCUT2D eigenvalue weighted by atomic mass is 10.1. The van der Waals surface area contributed by atoms with Crippen LogP contribution in [-0.4, -0.2) is 5.91 Å². The van der Waals surface area contributed by atoms with Crippen molar-refractivity contribution >= 4 is 11.6 Å². The molecule has 4 nitrogen and oxygen atoms in total. The first-order valence-corrected chi connectivity index (χ1v) is 5.82. The van der Waals surface area contributed by atoms with Crippen LogP contribution in [0.2, 0.25) is 0 Å². The van der Waals surface area contributed by atoms with Gasteiger partial charge in [0, 0.05) is 17.8 Å². The van der Waals surface area contributed by atoms with E-state index in [2.05, 4.69) is 11.4 Å². The van der Waals surface area contributed by atoms with E-state index in [1.807, 2.05) is 24.3 Å². The van der Waals surface area contributed by atoms with Gasteiger partial charge in [-0.3, -0.25) is 4.79 Å². The van der Waals surface area contributed by atoms with Gasteiger partial charge in [-0.2, -0.15) is 5.26 Å². The second-order valence-electron chi connectivity index (χ2n) is 4.10. The number of rotatable bonds is 4. The van der Waals surface area contributed by atoms with Crippen molar-refractivity contribution < 1.29 is 4.79 Å². The maximum absolute atomic E-state index is 10.9. The van der Waals surface area contributed by atoms with Crippen LogP contribution < -0.4 is 11.1 Å².